The van der Waals surface area contributed by atoms with E-state index in [0.29, 0.717) is 10.8 Å². The van der Waals surface area contributed by atoms with Gasteiger partial charge in [-0.1, -0.05) is 23.7 Å². The van der Waals surface area contributed by atoms with Gasteiger partial charge in [0.15, 0.2) is 5.60 Å². The second-order valence-electron chi connectivity index (χ2n) is 4.38. The molecule has 0 saturated carbocycles. The van der Waals surface area contributed by atoms with Crippen molar-refractivity contribution in [1.29, 1.82) is 0 Å². The van der Waals surface area contributed by atoms with Crippen LogP contribution in [0.15, 0.2) is 24.3 Å². The Morgan fingerprint density at radius 3 is 2.65 bits per heavy atom. The first-order valence-corrected chi connectivity index (χ1v) is 6.30. The number of hydrogen-bond acceptors (Lipinski definition) is 4. The third-order valence-corrected chi connectivity index (χ3v) is 2.83. The molecule has 0 spiro atoms. The number of carbonyl (C=O) groups is 2. The molecule has 3 N–H and O–H groups in total. The molecule has 0 fully saturated rings. The third-order valence-electron chi connectivity index (χ3n) is 2.51. The van der Waals surface area contributed by atoms with Crippen molar-refractivity contribution in [3.8, 4) is 5.75 Å². The normalized spacial score (nSPS) is 13.3. The number of carbonyl (C=O) groups excluding carboxylic acids is 1. The summed E-state index contributed by atoms with van der Waals surface area (Å²) in [5.74, 6) is -1.34. The van der Waals surface area contributed by atoms with Gasteiger partial charge >= 0.3 is 5.97 Å². The maximum atomic E-state index is 11.5. The van der Waals surface area contributed by atoms with Gasteiger partial charge in [-0.05, 0) is 19.1 Å². The minimum absolute atomic E-state index is 0.0287. The van der Waals surface area contributed by atoms with Crippen molar-refractivity contribution >= 4 is 23.5 Å². The van der Waals surface area contributed by atoms with E-state index in [9.17, 15) is 14.7 Å². The maximum absolute atomic E-state index is 11.5. The van der Waals surface area contributed by atoms with E-state index in [1.54, 1.807) is 24.3 Å². The molecule has 0 aliphatic rings. The van der Waals surface area contributed by atoms with Crippen LogP contribution in [0.1, 0.15) is 13.3 Å². The van der Waals surface area contributed by atoms with Crippen molar-refractivity contribution < 1.29 is 24.5 Å². The van der Waals surface area contributed by atoms with Crippen LogP contribution in [0.4, 0.5) is 0 Å². The summed E-state index contributed by atoms with van der Waals surface area (Å²) in [6.45, 7) is 0.841. The number of ether oxygens (including phenoxy) is 1. The molecule has 7 heteroatoms. The molecule has 0 aliphatic carbocycles. The number of para-hydroxylation sites is 1. The number of rotatable bonds is 7. The highest BCUT2D eigenvalue weighted by Crippen LogP contribution is 2.22. The number of halogens is 1. The lowest BCUT2D eigenvalue weighted by atomic mass is 10.1. The highest BCUT2D eigenvalue weighted by molar-refractivity contribution is 6.32. The molecule has 1 aromatic rings. The minimum atomic E-state index is -1.99. The summed E-state index contributed by atoms with van der Waals surface area (Å²) in [4.78, 5) is 22.1. The lowest BCUT2D eigenvalue weighted by Gasteiger charge is -2.18. The van der Waals surface area contributed by atoms with E-state index in [0.717, 1.165) is 6.92 Å². The van der Waals surface area contributed by atoms with Gasteiger partial charge in [0, 0.05) is 0 Å². The quantitative estimate of drug-likeness (QED) is 0.700. The highest BCUT2D eigenvalue weighted by Gasteiger charge is 2.30. The Morgan fingerprint density at radius 2 is 2.05 bits per heavy atom. The molecular weight excluding hydrogens is 286 g/mol. The zero-order valence-corrected chi connectivity index (χ0v) is 11.7. The lowest BCUT2D eigenvalue weighted by molar-refractivity contribution is -0.156. The molecular formula is C13H16ClNO5. The van der Waals surface area contributed by atoms with E-state index in [1.165, 1.54) is 0 Å². The van der Waals surface area contributed by atoms with Crippen LogP contribution in [0.25, 0.3) is 0 Å². The Balaban J connectivity index is 2.31. The smallest absolute Gasteiger partial charge is 0.337 e. The van der Waals surface area contributed by atoms with Crippen LogP contribution in [0.3, 0.4) is 0 Å². The van der Waals surface area contributed by atoms with Crippen LogP contribution in [0.2, 0.25) is 5.02 Å². The molecule has 1 aromatic carbocycles. The first kappa shape index (κ1) is 16.3. The topological polar surface area (TPSA) is 95.9 Å². The average Bonchev–Trinajstić information content (AvgIpc) is 2.38. The molecule has 0 aliphatic heterocycles. The van der Waals surface area contributed by atoms with Crippen LogP contribution < -0.4 is 10.1 Å². The molecule has 6 nitrogen and oxygen atoms in total. The van der Waals surface area contributed by atoms with Crippen molar-refractivity contribution in [2.45, 2.75) is 18.9 Å². The lowest BCUT2D eigenvalue weighted by Crippen LogP contribution is -2.46. The van der Waals surface area contributed by atoms with Crippen molar-refractivity contribution in [2.24, 2.45) is 0 Å². The fourth-order valence-corrected chi connectivity index (χ4v) is 1.44. The predicted octanol–water partition coefficient (Wildman–Crippen LogP) is 1.06. The number of hydrogen-bond donors (Lipinski definition) is 3. The van der Waals surface area contributed by atoms with E-state index >= 15 is 0 Å². The zero-order valence-electron chi connectivity index (χ0n) is 10.9. The first-order valence-electron chi connectivity index (χ1n) is 5.93. The molecule has 1 amide bonds. The largest absolute Gasteiger partial charge is 0.491 e. The molecule has 1 atom stereocenters. The summed E-state index contributed by atoms with van der Waals surface area (Å²) in [7, 11) is 0. The van der Waals surface area contributed by atoms with Crippen molar-refractivity contribution in [3.63, 3.8) is 0 Å². The van der Waals surface area contributed by atoms with Gasteiger partial charge in [-0.25, -0.2) is 4.79 Å². The third kappa shape index (κ3) is 5.07. The number of benzene rings is 1. The minimum Gasteiger partial charge on any atom is -0.491 e. The number of carboxylic acids is 1. The van der Waals surface area contributed by atoms with Gasteiger partial charge in [0.2, 0.25) is 5.91 Å². The highest BCUT2D eigenvalue weighted by atomic mass is 35.5. The van der Waals surface area contributed by atoms with Gasteiger partial charge < -0.3 is 20.3 Å². The summed E-state index contributed by atoms with van der Waals surface area (Å²) in [6, 6.07) is 6.86. The van der Waals surface area contributed by atoms with Gasteiger partial charge in [-0.15, -0.1) is 0 Å². The van der Waals surface area contributed by atoms with Crippen molar-refractivity contribution in [3.05, 3.63) is 29.3 Å². The van der Waals surface area contributed by atoms with Crippen molar-refractivity contribution in [1.82, 2.24) is 5.32 Å². The van der Waals surface area contributed by atoms with Crippen LogP contribution in [0.5, 0.6) is 5.75 Å². The fraction of sp³-hybridized carbons (Fsp3) is 0.385. The van der Waals surface area contributed by atoms with E-state index < -0.39 is 17.5 Å². The average molecular weight is 302 g/mol. The number of amides is 1. The summed E-state index contributed by atoms with van der Waals surface area (Å²) in [6.07, 6.45) is 0.0287. The zero-order chi connectivity index (χ0) is 15.2. The molecule has 0 radical (unpaired) electrons. The Labute approximate surface area is 121 Å². The Morgan fingerprint density at radius 1 is 1.40 bits per heavy atom. The van der Waals surface area contributed by atoms with Gasteiger partial charge in [0.05, 0.1) is 24.6 Å². The molecule has 0 bridgehead atoms. The second kappa shape index (κ2) is 7.12. The standard InChI is InChI=1S/C13H16ClNO5/c1-13(19,12(17)18)8-15-11(16)6-7-20-10-5-3-2-4-9(10)14/h2-5,19H,6-8H2,1H3,(H,15,16)(H,17,18). The summed E-state index contributed by atoms with van der Waals surface area (Å²) in [5, 5.41) is 20.9. The Bertz CT molecular complexity index is 489. The number of carboxylic acid groups (broad SMARTS) is 1. The monoisotopic (exact) mass is 301 g/mol. The van der Waals surface area contributed by atoms with Gasteiger partial charge in [-0.3, -0.25) is 4.79 Å². The fourth-order valence-electron chi connectivity index (χ4n) is 1.25. The first-order chi connectivity index (χ1) is 9.33. The van der Waals surface area contributed by atoms with E-state index in [-0.39, 0.29) is 19.6 Å². The number of aliphatic carboxylic acids is 1. The Hall–Kier alpha value is -1.79. The number of aliphatic hydroxyl groups is 1. The molecule has 1 rings (SSSR count). The molecule has 110 valence electrons. The van der Waals surface area contributed by atoms with Gasteiger partial charge in [-0.2, -0.15) is 0 Å². The summed E-state index contributed by atoms with van der Waals surface area (Å²) < 4.78 is 5.32. The molecule has 0 aromatic heterocycles. The Kier molecular flexibility index (Phi) is 5.79. The van der Waals surface area contributed by atoms with E-state index in [2.05, 4.69) is 5.32 Å². The van der Waals surface area contributed by atoms with Crippen molar-refractivity contribution in [2.75, 3.05) is 13.2 Å². The second-order valence-corrected chi connectivity index (χ2v) is 4.79. The maximum Gasteiger partial charge on any atom is 0.337 e. The molecule has 1 unspecified atom stereocenters. The molecule has 0 saturated heterocycles. The van der Waals surface area contributed by atoms with Crippen LogP contribution >= 0.6 is 11.6 Å². The number of nitrogens with one attached hydrogen (secondary N) is 1. The van der Waals surface area contributed by atoms with Gasteiger partial charge in [0.1, 0.15) is 5.75 Å². The van der Waals surface area contributed by atoms with Gasteiger partial charge in [0.25, 0.3) is 0 Å². The molecule has 0 heterocycles. The predicted molar refractivity (Wildman–Crippen MR) is 72.8 cm³/mol. The summed E-state index contributed by atoms with van der Waals surface area (Å²) >= 11 is 5.87. The van der Waals surface area contributed by atoms with E-state index in [1.807, 2.05) is 0 Å². The van der Waals surface area contributed by atoms with Crippen LogP contribution in [-0.2, 0) is 9.59 Å². The van der Waals surface area contributed by atoms with Crippen LogP contribution in [-0.4, -0.2) is 40.8 Å². The summed E-state index contributed by atoms with van der Waals surface area (Å²) in [5.41, 5.74) is -1.99. The SMILES string of the molecule is CC(O)(CNC(=O)CCOc1ccccc1Cl)C(=O)O. The van der Waals surface area contributed by atoms with E-state index in [4.69, 9.17) is 21.4 Å². The molecule has 20 heavy (non-hydrogen) atoms. The van der Waals surface area contributed by atoms with Crippen LogP contribution in [0, 0.1) is 0 Å².